The number of anilines is 1. The Labute approximate surface area is 122 Å². The van der Waals surface area contributed by atoms with Gasteiger partial charge in [0.05, 0.1) is 6.42 Å². The number of aliphatic carboxylic acids is 1. The van der Waals surface area contributed by atoms with Crippen LogP contribution in [-0.2, 0) is 4.79 Å². The number of benzene rings is 1. The Kier molecular flexibility index (Phi) is 6.02. The molecule has 0 aliphatic heterocycles. The maximum absolute atomic E-state index is 10.8. The third kappa shape index (κ3) is 4.53. The second-order valence-electron chi connectivity index (χ2n) is 5.64. The quantitative estimate of drug-likeness (QED) is 0.832. The topological polar surface area (TPSA) is 43.8 Å². The molecule has 1 rings (SSSR count). The molecule has 0 radical (unpaired) electrons. The highest BCUT2D eigenvalue weighted by Crippen LogP contribution is 2.24. The van der Waals surface area contributed by atoms with Crippen LogP contribution in [0.4, 0.5) is 5.69 Å². The van der Waals surface area contributed by atoms with E-state index in [1.54, 1.807) is 0 Å². The minimum absolute atomic E-state index is 0.179. The lowest BCUT2D eigenvalue weighted by atomic mass is 10.0. The number of nitrogens with zero attached hydrogens (tertiary/aromatic N) is 2. The van der Waals surface area contributed by atoms with Crippen LogP contribution in [0.2, 0.25) is 0 Å². The molecule has 1 N–H and O–H groups in total. The van der Waals surface area contributed by atoms with Crippen molar-refractivity contribution in [1.82, 2.24) is 4.90 Å². The summed E-state index contributed by atoms with van der Waals surface area (Å²) >= 11 is 0. The predicted molar refractivity (Wildman–Crippen MR) is 83.3 cm³/mol. The molecule has 0 heterocycles. The van der Waals surface area contributed by atoms with E-state index in [1.807, 2.05) is 14.1 Å². The predicted octanol–water partition coefficient (Wildman–Crippen LogP) is 3.00. The fourth-order valence-electron chi connectivity index (χ4n) is 2.37. The zero-order chi connectivity index (χ0) is 15.3. The summed E-state index contributed by atoms with van der Waals surface area (Å²) in [6.45, 7) is 6.91. The monoisotopic (exact) mass is 278 g/mol. The molecule has 0 bridgehead atoms. The second-order valence-corrected chi connectivity index (χ2v) is 5.64. The van der Waals surface area contributed by atoms with Crippen LogP contribution in [0.3, 0.4) is 0 Å². The number of rotatable bonds is 7. The highest BCUT2D eigenvalue weighted by molar-refractivity contribution is 5.66. The van der Waals surface area contributed by atoms with Gasteiger partial charge in [0.2, 0.25) is 0 Å². The molecule has 0 spiro atoms. The minimum atomic E-state index is -0.745. The number of carboxylic acid groups (broad SMARTS) is 1. The van der Waals surface area contributed by atoms with Crippen LogP contribution in [0, 0.1) is 0 Å². The molecule has 0 saturated heterocycles. The highest BCUT2D eigenvalue weighted by Gasteiger charge is 2.19. The molecule has 1 unspecified atom stereocenters. The summed E-state index contributed by atoms with van der Waals surface area (Å²) < 4.78 is 0. The Hall–Kier alpha value is -1.55. The van der Waals surface area contributed by atoms with E-state index in [9.17, 15) is 4.79 Å². The fraction of sp³-hybridized carbons (Fsp3) is 0.562. The first-order valence-electron chi connectivity index (χ1n) is 7.07. The van der Waals surface area contributed by atoms with Gasteiger partial charge < -0.3 is 10.0 Å². The van der Waals surface area contributed by atoms with E-state index < -0.39 is 5.97 Å². The van der Waals surface area contributed by atoms with Crippen molar-refractivity contribution in [3.63, 3.8) is 0 Å². The van der Waals surface area contributed by atoms with Gasteiger partial charge in [-0.05, 0) is 38.5 Å². The molecule has 1 aromatic rings. The summed E-state index contributed by atoms with van der Waals surface area (Å²) in [4.78, 5) is 15.1. The van der Waals surface area contributed by atoms with Crippen LogP contribution in [0.25, 0.3) is 0 Å². The zero-order valence-electron chi connectivity index (χ0n) is 13.1. The first kappa shape index (κ1) is 16.5. The molecule has 0 amide bonds. The first-order valence-corrected chi connectivity index (χ1v) is 7.07. The van der Waals surface area contributed by atoms with Crippen LogP contribution in [-0.4, -0.2) is 42.7 Å². The summed E-state index contributed by atoms with van der Waals surface area (Å²) in [5.74, 6) is -0.745. The van der Waals surface area contributed by atoms with Crippen molar-refractivity contribution in [1.29, 1.82) is 0 Å². The van der Waals surface area contributed by atoms with Crippen molar-refractivity contribution in [2.75, 3.05) is 25.5 Å². The summed E-state index contributed by atoms with van der Waals surface area (Å²) in [5, 5.41) is 8.86. The Morgan fingerprint density at radius 1 is 1.15 bits per heavy atom. The third-order valence-electron chi connectivity index (χ3n) is 3.64. The minimum Gasteiger partial charge on any atom is -0.481 e. The van der Waals surface area contributed by atoms with Crippen molar-refractivity contribution in [2.24, 2.45) is 0 Å². The van der Waals surface area contributed by atoms with Crippen LogP contribution in [0.5, 0.6) is 0 Å². The van der Waals surface area contributed by atoms with Gasteiger partial charge in [-0.25, -0.2) is 0 Å². The number of carboxylic acids is 1. The Bertz CT molecular complexity index is 427. The molecule has 0 fully saturated rings. The van der Waals surface area contributed by atoms with Gasteiger partial charge in [-0.1, -0.05) is 12.1 Å². The smallest absolute Gasteiger partial charge is 0.304 e. The third-order valence-corrected chi connectivity index (χ3v) is 3.64. The van der Waals surface area contributed by atoms with Crippen molar-refractivity contribution in [2.45, 2.75) is 39.3 Å². The van der Waals surface area contributed by atoms with Crippen LogP contribution >= 0.6 is 0 Å². The Balaban J connectivity index is 2.82. The van der Waals surface area contributed by atoms with E-state index >= 15 is 0 Å². The molecule has 4 nitrogen and oxygen atoms in total. The van der Waals surface area contributed by atoms with Gasteiger partial charge >= 0.3 is 5.97 Å². The fourth-order valence-corrected chi connectivity index (χ4v) is 2.37. The van der Waals surface area contributed by atoms with E-state index in [0.717, 1.165) is 0 Å². The van der Waals surface area contributed by atoms with Crippen molar-refractivity contribution >= 4 is 11.7 Å². The molecular weight excluding hydrogens is 252 g/mol. The van der Waals surface area contributed by atoms with E-state index in [4.69, 9.17) is 5.11 Å². The molecule has 0 saturated carbocycles. The lowest BCUT2D eigenvalue weighted by Crippen LogP contribution is -2.35. The molecule has 1 aromatic carbocycles. The lowest BCUT2D eigenvalue weighted by Gasteiger charge is -2.32. The standard InChI is InChI=1S/C16H26N2O2/c1-12(2)18(11-10-16(19)20)13(3)14-6-8-15(9-7-14)17(4)5/h6-9,12-13H,10-11H2,1-5H3,(H,19,20). The van der Waals surface area contributed by atoms with E-state index in [1.165, 1.54) is 11.3 Å². The summed E-state index contributed by atoms with van der Waals surface area (Å²) in [5.41, 5.74) is 2.39. The van der Waals surface area contributed by atoms with Crippen LogP contribution in [0.1, 0.15) is 38.8 Å². The molecule has 1 atom stereocenters. The number of carbonyl (C=O) groups is 1. The Morgan fingerprint density at radius 2 is 1.70 bits per heavy atom. The maximum Gasteiger partial charge on any atom is 0.304 e. The molecule has 0 aliphatic rings. The summed E-state index contributed by atoms with van der Waals surface area (Å²) in [6, 6.07) is 8.97. The number of hydrogen-bond acceptors (Lipinski definition) is 3. The van der Waals surface area contributed by atoms with Crippen LogP contribution < -0.4 is 4.90 Å². The van der Waals surface area contributed by atoms with Gasteiger partial charge in [-0.15, -0.1) is 0 Å². The highest BCUT2D eigenvalue weighted by atomic mass is 16.4. The van der Waals surface area contributed by atoms with Crippen molar-refractivity contribution < 1.29 is 9.90 Å². The zero-order valence-corrected chi connectivity index (χ0v) is 13.1. The maximum atomic E-state index is 10.8. The summed E-state index contributed by atoms with van der Waals surface area (Å²) in [6.07, 6.45) is 0.179. The van der Waals surface area contributed by atoms with Crippen LogP contribution in [0.15, 0.2) is 24.3 Å². The molecular formula is C16H26N2O2. The molecule has 0 aliphatic carbocycles. The normalized spacial score (nSPS) is 12.8. The average molecular weight is 278 g/mol. The van der Waals surface area contributed by atoms with E-state index in [2.05, 4.69) is 54.8 Å². The first-order chi connectivity index (χ1) is 9.32. The van der Waals surface area contributed by atoms with Gasteiger partial charge in [0.15, 0.2) is 0 Å². The number of hydrogen-bond donors (Lipinski definition) is 1. The SMILES string of the molecule is CC(C)N(CCC(=O)O)C(C)c1ccc(N(C)C)cc1. The van der Waals surface area contributed by atoms with Crippen molar-refractivity contribution in [3.8, 4) is 0 Å². The van der Waals surface area contributed by atoms with Gasteiger partial charge in [0.1, 0.15) is 0 Å². The van der Waals surface area contributed by atoms with Gasteiger partial charge in [-0.3, -0.25) is 9.69 Å². The van der Waals surface area contributed by atoms with Crippen molar-refractivity contribution in [3.05, 3.63) is 29.8 Å². The van der Waals surface area contributed by atoms with Gasteiger partial charge in [-0.2, -0.15) is 0 Å². The second kappa shape index (κ2) is 7.29. The lowest BCUT2D eigenvalue weighted by molar-refractivity contribution is -0.137. The molecule has 4 heteroatoms. The molecule has 112 valence electrons. The molecule has 0 aromatic heterocycles. The largest absolute Gasteiger partial charge is 0.481 e. The Morgan fingerprint density at radius 3 is 2.10 bits per heavy atom. The molecule has 20 heavy (non-hydrogen) atoms. The van der Waals surface area contributed by atoms with E-state index in [-0.39, 0.29) is 12.5 Å². The van der Waals surface area contributed by atoms with Gasteiger partial charge in [0.25, 0.3) is 0 Å². The van der Waals surface area contributed by atoms with E-state index in [0.29, 0.717) is 12.6 Å². The van der Waals surface area contributed by atoms with Gasteiger partial charge in [0, 0.05) is 38.4 Å². The average Bonchev–Trinajstić information content (AvgIpc) is 2.38. The summed E-state index contributed by atoms with van der Waals surface area (Å²) in [7, 11) is 4.04.